The molecule has 0 bridgehead atoms. The molecule has 0 unspecified atom stereocenters. The third-order valence-electron chi connectivity index (χ3n) is 0.377. The van der Waals surface area contributed by atoms with Crippen molar-refractivity contribution < 1.29 is 4.74 Å². The van der Waals surface area contributed by atoms with Crippen LogP contribution in [0.4, 0.5) is 0 Å². The van der Waals surface area contributed by atoms with Gasteiger partial charge in [0.05, 0.1) is 6.61 Å². The molecule has 1 N–H and O–H groups in total. The summed E-state index contributed by atoms with van der Waals surface area (Å²) in [5.74, 6) is 0. The minimum atomic E-state index is 0.374. The predicted molar refractivity (Wildman–Crippen MR) is 33.1 cm³/mol. The number of hydrogen-bond donors (Lipinski definition) is 1. The van der Waals surface area contributed by atoms with E-state index in [-0.39, 0.29) is 0 Å². The number of ether oxygens (including phenoxy) is 1. The second-order valence-electron chi connectivity index (χ2n) is 0.845. The van der Waals surface area contributed by atoms with Gasteiger partial charge in [-0.05, 0) is 19.1 Å². The summed E-state index contributed by atoms with van der Waals surface area (Å²) >= 11 is 4.57. The van der Waals surface area contributed by atoms with Crippen molar-refractivity contribution >= 4 is 27.8 Å². The monoisotopic (exact) mass is 132 g/mol. The van der Waals surface area contributed by atoms with E-state index in [4.69, 9.17) is 4.74 Å². The zero-order valence-corrected chi connectivity index (χ0v) is 5.84. The Labute approximate surface area is 51.7 Å². The second kappa shape index (κ2) is 4.08. The molecule has 0 fully saturated rings. The fourth-order valence-corrected chi connectivity index (χ4v) is 0.357. The molecule has 0 spiro atoms. The third kappa shape index (κ3) is 3.74. The molecule has 0 amide bonds. The molecule has 7 heavy (non-hydrogen) atoms. The maximum absolute atomic E-state index is 4.76. The van der Waals surface area contributed by atoms with Gasteiger partial charge in [0.1, 0.15) is 0 Å². The molecule has 0 atom stereocenters. The molecule has 39 valence electrons. The van der Waals surface area contributed by atoms with Crippen LogP contribution in [0.25, 0.3) is 0 Å². The van der Waals surface area contributed by atoms with Crippen LogP contribution >= 0.6 is 12.2 Å². The Morgan fingerprint density at radius 2 is 2.57 bits per heavy atom. The summed E-state index contributed by atoms with van der Waals surface area (Å²) in [6.07, 6.45) is 0. The Morgan fingerprint density at radius 1 is 2.00 bits per heavy atom. The first-order chi connectivity index (χ1) is 3.31. The standard InChI is InChI=1S/C3H6NOSSi/c1-2-5-3(6)4-7/h2H2,1H3,(H,4,6). The lowest BCUT2D eigenvalue weighted by Crippen LogP contribution is -2.19. The van der Waals surface area contributed by atoms with Crippen LogP contribution in [0.1, 0.15) is 6.92 Å². The minimum Gasteiger partial charge on any atom is -0.472 e. The normalized spacial score (nSPS) is 7.71. The molecule has 0 aromatic heterocycles. The minimum absolute atomic E-state index is 0.374. The molecule has 0 saturated heterocycles. The Bertz CT molecular complexity index is 68.0. The van der Waals surface area contributed by atoms with E-state index in [9.17, 15) is 0 Å². The first-order valence-corrected chi connectivity index (χ1v) is 2.81. The van der Waals surface area contributed by atoms with Crippen LogP contribution in [0.3, 0.4) is 0 Å². The first-order valence-electron chi connectivity index (χ1n) is 1.90. The first kappa shape index (κ1) is 6.91. The van der Waals surface area contributed by atoms with Gasteiger partial charge in [-0.1, -0.05) is 0 Å². The van der Waals surface area contributed by atoms with Gasteiger partial charge in [0.15, 0.2) is 10.4 Å². The fourth-order valence-electron chi connectivity index (χ4n) is 0.167. The Balaban J connectivity index is 3.00. The Hall–Kier alpha value is -0.0931. The number of rotatable bonds is 1. The van der Waals surface area contributed by atoms with E-state index in [1.165, 1.54) is 0 Å². The topological polar surface area (TPSA) is 21.3 Å². The van der Waals surface area contributed by atoms with Crippen LogP contribution in [0.5, 0.6) is 0 Å². The molecule has 0 heterocycles. The van der Waals surface area contributed by atoms with Crippen molar-refractivity contribution in [3.05, 3.63) is 0 Å². The molecule has 0 aliphatic carbocycles. The lowest BCUT2D eigenvalue weighted by Gasteiger charge is -1.99. The highest BCUT2D eigenvalue weighted by atomic mass is 32.1. The highest BCUT2D eigenvalue weighted by Gasteiger charge is 1.83. The summed E-state index contributed by atoms with van der Waals surface area (Å²) in [5.41, 5.74) is 0. The zero-order valence-electron chi connectivity index (χ0n) is 4.02. The van der Waals surface area contributed by atoms with Gasteiger partial charge in [-0.3, -0.25) is 0 Å². The smallest absolute Gasteiger partial charge is 0.248 e. The maximum atomic E-state index is 4.76. The maximum Gasteiger partial charge on any atom is 0.248 e. The van der Waals surface area contributed by atoms with E-state index < -0.39 is 0 Å². The lowest BCUT2D eigenvalue weighted by atomic mass is 10.9. The summed E-state index contributed by atoms with van der Waals surface area (Å²) in [6.45, 7) is 2.48. The van der Waals surface area contributed by atoms with E-state index in [0.717, 1.165) is 0 Å². The van der Waals surface area contributed by atoms with E-state index in [1.54, 1.807) is 0 Å². The number of nitrogens with one attached hydrogen (secondary N) is 1. The fraction of sp³-hybridized carbons (Fsp3) is 0.667. The summed E-state index contributed by atoms with van der Waals surface area (Å²) in [4.78, 5) is 2.48. The van der Waals surface area contributed by atoms with E-state index in [2.05, 4.69) is 27.6 Å². The summed E-state index contributed by atoms with van der Waals surface area (Å²) < 4.78 is 4.76. The molecule has 2 nitrogen and oxygen atoms in total. The van der Waals surface area contributed by atoms with Crippen LogP contribution in [-0.4, -0.2) is 22.2 Å². The van der Waals surface area contributed by atoms with Gasteiger partial charge in [-0.2, -0.15) is 0 Å². The SMILES string of the molecule is CCOC(=S)N[Si]. The van der Waals surface area contributed by atoms with Gasteiger partial charge >= 0.3 is 0 Å². The largest absolute Gasteiger partial charge is 0.472 e. The molecular formula is C3H6NOSSi. The molecule has 0 aliphatic rings. The van der Waals surface area contributed by atoms with Gasteiger partial charge in [0, 0.05) is 0 Å². The van der Waals surface area contributed by atoms with Crippen molar-refractivity contribution in [2.24, 2.45) is 0 Å². The van der Waals surface area contributed by atoms with Gasteiger partial charge < -0.3 is 9.72 Å². The molecule has 4 heteroatoms. The number of hydrogen-bond acceptors (Lipinski definition) is 2. The van der Waals surface area contributed by atoms with Crippen molar-refractivity contribution in [1.29, 1.82) is 0 Å². The van der Waals surface area contributed by atoms with E-state index in [0.29, 0.717) is 11.8 Å². The van der Waals surface area contributed by atoms with Crippen LogP contribution in [0.2, 0.25) is 0 Å². The third-order valence-corrected chi connectivity index (χ3v) is 1.01. The quantitative estimate of drug-likeness (QED) is 0.400. The molecular weight excluding hydrogens is 126 g/mol. The predicted octanol–water partition coefficient (Wildman–Crippen LogP) is -0.0191. The van der Waals surface area contributed by atoms with E-state index in [1.807, 2.05) is 6.92 Å². The van der Waals surface area contributed by atoms with Gasteiger partial charge in [0.2, 0.25) is 5.17 Å². The van der Waals surface area contributed by atoms with Crippen LogP contribution in [0, 0.1) is 0 Å². The van der Waals surface area contributed by atoms with Crippen LogP contribution in [0.15, 0.2) is 0 Å². The molecule has 0 aromatic rings. The Kier molecular flexibility index (Phi) is 4.02. The summed E-state index contributed by atoms with van der Waals surface area (Å²) in [6, 6.07) is 0. The average Bonchev–Trinajstić information content (AvgIpc) is 1.68. The molecule has 0 aromatic carbocycles. The van der Waals surface area contributed by atoms with Crippen molar-refractivity contribution in [2.45, 2.75) is 6.92 Å². The molecule has 0 saturated carbocycles. The van der Waals surface area contributed by atoms with Crippen molar-refractivity contribution in [3.8, 4) is 0 Å². The Morgan fingerprint density at radius 3 is 2.71 bits per heavy atom. The second-order valence-corrected chi connectivity index (χ2v) is 1.47. The summed E-state index contributed by atoms with van der Waals surface area (Å²) in [5, 5.41) is 0.374. The van der Waals surface area contributed by atoms with Gasteiger partial charge in [0.25, 0.3) is 0 Å². The van der Waals surface area contributed by atoms with Crippen molar-refractivity contribution in [2.75, 3.05) is 6.61 Å². The number of thiocarbonyl (C=S) groups is 1. The van der Waals surface area contributed by atoms with Gasteiger partial charge in [-0.25, -0.2) is 0 Å². The lowest BCUT2D eigenvalue weighted by molar-refractivity contribution is 0.328. The summed E-state index contributed by atoms with van der Waals surface area (Å²) in [7, 11) is 2.94. The highest BCUT2D eigenvalue weighted by molar-refractivity contribution is 7.80. The molecule has 0 rings (SSSR count). The van der Waals surface area contributed by atoms with E-state index >= 15 is 0 Å². The van der Waals surface area contributed by atoms with Crippen LogP contribution in [-0.2, 0) is 4.74 Å². The van der Waals surface area contributed by atoms with Crippen LogP contribution < -0.4 is 4.98 Å². The molecule has 0 aliphatic heterocycles. The highest BCUT2D eigenvalue weighted by Crippen LogP contribution is 1.71. The zero-order chi connectivity index (χ0) is 5.70. The molecule has 3 radical (unpaired) electrons. The van der Waals surface area contributed by atoms with Crippen molar-refractivity contribution in [3.63, 3.8) is 0 Å². The average molecular weight is 132 g/mol. The van der Waals surface area contributed by atoms with Gasteiger partial charge in [-0.15, -0.1) is 0 Å². The van der Waals surface area contributed by atoms with Crippen molar-refractivity contribution in [1.82, 2.24) is 4.98 Å².